The van der Waals surface area contributed by atoms with E-state index in [9.17, 15) is 0 Å². The molecule has 2 aromatic carbocycles. The highest BCUT2D eigenvalue weighted by molar-refractivity contribution is 6.32. The summed E-state index contributed by atoms with van der Waals surface area (Å²) >= 11 is 12.6. The van der Waals surface area contributed by atoms with Crippen molar-refractivity contribution in [1.82, 2.24) is 5.32 Å². The van der Waals surface area contributed by atoms with E-state index in [0.717, 1.165) is 46.2 Å². The second-order valence-corrected chi connectivity index (χ2v) is 6.21. The van der Waals surface area contributed by atoms with Gasteiger partial charge in [-0.15, -0.1) is 0 Å². The molecule has 2 rings (SSSR count). The SMILES string of the molecule is CCCNCc1ccc(-c2cc(C)c(Cl)cc2C)cc1Cl. The lowest BCUT2D eigenvalue weighted by Crippen LogP contribution is -2.13. The summed E-state index contributed by atoms with van der Waals surface area (Å²) in [5.74, 6) is 0. The summed E-state index contributed by atoms with van der Waals surface area (Å²) in [6.07, 6.45) is 1.12. The molecule has 0 spiro atoms. The van der Waals surface area contributed by atoms with Gasteiger partial charge in [-0.3, -0.25) is 0 Å². The van der Waals surface area contributed by atoms with Crippen molar-refractivity contribution in [2.24, 2.45) is 0 Å². The zero-order valence-corrected chi connectivity index (χ0v) is 14.3. The first-order valence-electron chi connectivity index (χ1n) is 7.29. The average molecular weight is 322 g/mol. The van der Waals surface area contributed by atoms with E-state index >= 15 is 0 Å². The highest BCUT2D eigenvalue weighted by Gasteiger charge is 2.08. The van der Waals surface area contributed by atoms with Crippen LogP contribution < -0.4 is 5.32 Å². The van der Waals surface area contributed by atoms with E-state index in [1.165, 1.54) is 11.1 Å². The first kappa shape index (κ1) is 16.4. The summed E-state index contributed by atoms with van der Waals surface area (Å²) in [6, 6.07) is 10.4. The molecule has 0 unspecified atom stereocenters. The Hall–Kier alpha value is -1.02. The number of aryl methyl sites for hydroxylation is 2. The van der Waals surface area contributed by atoms with E-state index in [-0.39, 0.29) is 0 Å². The van der Waals surface area contributed by atoms with Crippen LogP contribution in [-0.2, 0) is 6.54 Å². The van der Waals surface area contributed by atoms with Crippen LogP contribution in [0, 0.1) is 13.8 Å². The van der Waals surface area contributed by atoms with Crippen molar-refractivity contribution in [2.45, 2.75) is 33.7 Å². The van der Waals surface area contributed by atoms with Crippen molar-refractivity contribution >= 4 is 23.2 Å². The van der Waals surface area contributed by atoms with Crippen LogP contribution in [0.15, 0.2) is 30.3 Å². The Morgan fingerprint density at radius 2 is 1.71 bits per heavy atom. The minimum atomic E-state index is 0.808. The zero-order valence-electron chi connectivity index (χ0n) is 12.8. The molecular weight excluding hydrogens is 301 g/mol. The van der Waals surface area contributed by atoms with Crippen LogP contribution in [0.2, 0.25) is 10.0 Å². The number of halogens is 2. The van der Waals surface area contributed by atoms with E-state index < -0.39 is 0 Å². The van der Waals surface area contributed by atoms with Crippen LogP contribution in [-0.4, -0.2) is 6.54 Å². The Morgan fingerprint density at radius 3 is 2.38 bits per heavy atom. The van der Waals surface area contributed by atoms with Crippen molar-refractivity contribution < 1.29 is 0 Å². The van der Waals surface area contributed by atoms with Crippen LogP contribution >= 0.6 is 23.2 Å². The second kappa shape index (κ2) is 7.31. The summed E-state index contributed by atoms with van der Waals surface area (Å²) in [6.45, 7) is 8.07. The zero-order chi connectivity index (χ0) is 15.4. The molecule has 112 valence electrons. The van der Waals surface area contributed by atoms with Gasteiger partial charge in [0.25, 0.3) is 0 Å². The molecular formula is C18H21Cl2N. The minimum Gasteiger partial charge on any atom is -0.313 e. The fourth-order valence-corrected chi connectivity index (χ4v) is 2.82. The van der Waals surface area contributed by atoms with Gasteiger partial charge in [-0.1, -0.05) is 42.3 Å². The molecule has 21 heavy (non-hydrogen) atoms. The molecule has 0 saturated heterocycles. The molecule has 0 saturated carbocycles. The van der Waals surface area contributed by atoms with Crippen LogP contribution in [0.1, 0.15) is 30.0 Å². The van der Waals surface area contributed by atoms with Gasteiger partial charge in [0.05, 0.1) is 0 Å². The molecule has 1 N–H and O–H groups in total. The molecule has 2 aromatic rings. The van der Waals surface area contributed by atoms with E-state index in [4.69, 9.17) is 23.2 Å². The summed E-state index contributed by atoms with van der Waals surface area (Å²) < 4.78 is 0. The summed E-state index contributed by atoms with van der Waals surface area (Å²) in [4.78, 5) is 0. The average Bonchev–Trinajstić information content (AvgIpc) is 2.45. The van der Waals surface area contributed by atoms with Gasteiger partial charge in [-0.2, -0.15) is 0 Å². The molecule has 0 aliphatic carbocycles. The first-order valence-corrected chi connectivity index (χ1v) is 8.04. The van der Waals surface area contributed by atoms with Gasteiger partial charge in [0.2, 0.25) is 0 Å². The third-order valence-electron chi connectivity index (χ3n) is 3.61. The fraction of sp³-hybridized carbons (Fsp3) is 0.333. The lowest BCUT2D eigenvalue weighted by molar-refractivity contribution is 0.675. The Kier molecular flexibility index (Phi) is 5.69. The highest BCUT2D eigenvalue weighted by Crippen LogP contribution is 2.31. The van der Waals surface area contributed by atoms with Crippen molar-refractivity contribution in [2.75, 3.05) is 6.54 Å². The molecule has 0 heterocycles. The maximum atomic E-state index is 6.42. The van der Waals surface area contributed by atoms with Crippen LogP contribution in [0.3, 0.4) is 0 Å². The van der Waals surface area contributed by atoms with Gasteiger partial charge >= 0.3 is 0 Å². The van der Waals surface area contributed by atoms with Gasteiger partial charge in [0.1, 0.15) is 0 Å². The van der Waals surface area contributed by atoms with E-state index in [1.54, 1.807) is 0 Å². The molecule has 0 amide bonds. The monoisotopic (exact) mass is 321 g/mol. The highest BCUT2D eigenvalue weighted by atomic mass is 35.5. The summed E-state index contributed by atoms with van der Waals surface area (Å²) in [5.41, 5.74) is 5.71. The number of benzene rings is 2. The Morgan fingerprint density at radius 1 is 0.952 bits per heavy atom. The molecule has 0 aliphatic rings. The number of hydrogen-bond donors (Lipinski definition) is 1. The molecule has 3 heteroatoms. The van der Waals surface area contributed by atoms with Crippen molar-refractivity contribution in [3.05, 3.63) is 57.1 Å². The Labute approximate surface area is 137 Å². The molecule has 0 aliphatic heterocycles. The second-order valence-electron chi connectivity index (χ2n) is 5.40. The lowest BCUT2D eigenvalue weighted by Gasteiger charge is -2.12. The third kappa shape index (κ3) is 4.00. The van der Waals surface area contributed by atoms with Crippen LogP contribution in [0.4, 0.5) is 0 Å². The maximum absolute atomic E-state index is 6.42. The van der Waals surface area contributed by atoms with Crippen molar-refractivity contribution in [3.8, 4) is 11.1 Å². The maximum Gasteiger partial charge on any atom is 0.0457 e. The van der Waals surface area contributed by atoms with Crippen LogP contribution in [0.25, 0.3) is 11.1 Å². The quantitative estimate of drug-likeness (QED) is 0.688. The number of hydrogen-bond acceptors (Lipinski definition) is 1. The number of nitrogens with one attached hydrogen (secondary N) is 1. The van der Waals surface area contributed by atoms with E-state index in [2.05, 4.69) is 37.4 Å². The predicted octanol–water partition coefficient (Wildman–Crippen LogP) is 5.78. The first-order chi connectivity index (χ1) is 10.0. The topological polar surface area (TPSA) is 12.0 Å². The molecule has 1 nitrogen and oxygen atoms in total. The largest absolute Gasteiger partial charge is 0.313 e. The minimum absolute atomic E-state index is 0.808. The standard InChI is InChI=1S/C18H21Cl2N/c1-4-7-21-11-15-6-5-14(10-18(15)20)16-8-13(3)17(19)9-12(16)2/h5-6,8-10,21H,4,7,11H2,1-3H3. The normalized spacial score (nSPS) is 10.9. The summed E-state index contributed by atoms with van der Waals surface area (Å²) in [5, 5.41) is 4.99. The number of rotatable bonds is 5. The van der Waals surface area contributed by atoms with Gasteiger partial charge in [-0.25, -0.2) is 0 Å². The van der Waals surface area contributed by atoms with E-state index in [0.29, 0.717) is 0 Å². The van der Waals surface area contributed by atoms with Gasteiger partial charge in [-0.05, 0) is 72.8 Å². The molecule has 0 radical (unpaired) electrons. The molecule has 0 aromatic heterocycles. The van der Waals surface area contributed by atoms with Gasteiger partial charge in [0, 0.05) is 16.6 Å². The van der Waals surface area contributed by atoms with Crippen molar-refractivity contribution in [3.63, 3.8) is 0 Å². The molecule has 0 bridgehead atoms. The smallest absolute Gasteiger partial charge is 0.0457 e. The Bertz CT molecular complexity index is 635. The lowest BCUT2D eigenvalue weighted by atomic mass is 9.97. The van der Waals surface area contributed by atoms with Gasteiger partial charge < -0.3 is 5.32 Å². The van der Waals surface area contributed by atoms with Crippen molar-refractivity contribution in [1.29, 1.82) is 0 Å². The van der Waals surface area contributed by atoms with Gasteiger partial charge in [0.15, 0.2) is 0 Å². The predicted molar refractivity (Wildman–Crippen MR) is 93.4 cm³/mol. The summed E-state index contributed by atoms with van der Waals surface area (Å²) in [7, 11) is 0. The van der Waals surface area contributed by atoms with E-state index in [1.807, 2.05) is 19.1 Å². The molecule has 0 fully saturated rings. The van der Waals surface area contributed by atoms with Crippen LogP contribution in [0.5, 0.6) is 0 Å². The Balaban J connectivity index is 2.30. The molecule has 0 atom stereocenters. The fourth-order valence-electron chi connectivity index (χ4n) is 2.35. The third-order valence-corrected chi connectivity index (χ3v) is 4.37.